The quantitative estimate of drug-likeness (QED) is 0.852. The highest BCUT2D eigenvalue weighted by Crippen LogP contribution is 2.49. The van der Waals surface area contributed by atoms with Crippen molar-refractivity contribution in [1.82, 2.24) is 0 Å². The van der Waals surface area contributed by atoms with E-state index in [1.165, 1.54) is 0 Å². The summed E-state index contributed by atoms with van der Waals surface area (Å²) in [6, 6.07) is 18.1. The second-order valence-electron chi connectivity index (χ2n) is 5.54. The van der Waals surface area contributed by atoms with Gasteiger partial charge in [-0.3, -0.25) is 4.79 Å². The first-order valence-electron chi connectivity index (χ1n) is 7.59. The number of carboxylic acids is 1. The fourth-order valence-corrected chi connectivity index (χ4v) is 3.30. The van der Waals surface area contributed by atoms with E-state index in [1.54, 1.807) is 24.3 Å². The van der Waals surface area contributed by atoms with Crippen LogP contribution in [0.15, 0.2) is 60.7 Å². The number of hydrogen-bond acceptors (Lipinski definition) is 2. The van der Waals surface area contributed by atoms with Crippen LogP contribution in [0.1, 0.15) is 37.8 Å². The van der Waals surface area contributed by atoms with Crippen LogP contribution in [0, 0.1) is 5.41 Å². The van der Waals surface area contributed by atoms with Gasteiger partial charge >= 0.3 is 5.97 Å². The Kier molecular flexibility index (Phi) is 4.67. The minimum Gasteiger partial charge on any atom is -0.481 e. The normalized spacial score (nSPS) is 12.1. The lowest BCUT2D eigenvalue weighted by atomic mass is 9.62. The van der Waals surface area contributed by atoms with Gasteiger partial charge in [-0.1, -0.05) is 74.5 Å². The Labute approximate surface area is 131 Å². The summed E-state index contributed by atoms with van der Waals surface area (Å²) in [6.45, 7) is 3.63. The monoisotopic (exact) mass is 298 g/mol. The van der Waals surface area contributed by atoms with E-state index in [2.05, 4.69) is 0 Å². The number of carbonyl (C=O) groups is 1. The summed E-state index contributed by atoms with van der Waals surface area (Å²) < 4.78 is 0. The topological polar surface area (TPSA) is 57.5 Å². The summed E-state index contributed by atoms with van der Waals surface area (Å²) in [5.41, 5.74) is -1.65. The summed E-state index contributed by atoms with van der Waals surface area (Å²) in [5.74, 6) is -0.979. The molecule has 0 amide bonds. The van der Waals surface area contributed by atoms with Gasteiger partial charge in [0.1, 0.15) is 11.0 Å². The average molecular weight is 298 g/mol. The van der Waals surface area contributed by atoms with E-state index in [-0.39, 0.29) is 0 Å². The van der Waals surface area contributed by atoms with Crippen LogP contribution >= 0.6 is 0 Å². The van der Waals surface area contributed by atoms with Crippen molar-refractivity contribution in [3.05, 3.63) is 71.8 Å². The zero-order valence-electron chi connectivity index (χ0n) is 13.0. The third-order valence-electron chi connectivity index (χ3n) is 4.69. The van der Waals surface area contributed by atoms with Crippen LogP contribution in [0.3, 0.4) is 0 Å². The second-order valence-corrected chi connectivity index (χ2v) is 5.54. The van der Waals surface area contributed by atoms with Crippen molar-refractivity contribution in [2.75, 3.05) is 0 Å². The summed E-state index contributed by atoms with van der Waals surface area (Å²) in [6.07, 6.45) is 0.665. The van der Waals surface area contributed by atoms with E-state index >= 15 is 0 Å². The van der Waals surface area contributed by atoms with Crippen LogP contribution < -0.4 is 0 Å². The highest BCUT2D eigenvalue weighted by molar-refractivity contribution is 5.78. The van der Waals surface area contributed by atoms with Crippen LogP contribution in [0.2, 0.25) is 0 Å². The molecule has 0 spiro atoms. The van der Waals surface area contributed by atoms with Gasteiger partial charge in [0.25, 0.3) is 0 Å². The Bertz CT molecular complexity index is 576. The van der Waals surface area contributed by atoms with E-state index in [0.29, 0.717) is 24.0 Å². The number of hydrogen-bond donors (Lipinski definition) is 2. The molecule has 2 N–H and O–H groups in total. The molecule has 0 bridgehead atoms. The van der Waals surface area contributed by atoms with Crippen molar-refractivity contribution in [1.29, 1.82) is 0 Å². The maximum absolute atomic E-state index is 12.1. The van der Waals surface area contributed by atoms with E-state index in [4.69, 9.17) is 0 Å². The zero-order valence-corrected chi connectivity index (χ0v) is 13.0. The Morgan fingerprint density at radius 3 is 1.50 bits per heavy atom. The summed E-state index contributed by atoms with van der Waals surface area (Å²) >= 11 is 0. The number of benzene rings is 2. The van der Waals surface area contributed by atoms with Gasteiger partial charge < -0.3 is 10.2 Å². The van der Waals surface area contributed by atoms with Crippen molar-refractivity contribution in [3.63, 3.8) is 0 Å². The lowest BCUT2D eigenvalue weighted by molar-refractivity contribution is -0.167. The van der Waals surface area contributed by atoms with Gasteiger partial charge in [-0.25, -0.2) is 0 Å². The summed E-state index contributed by atoms with van der Waals surface area (Å²) in [7, 11) is 0. The van der Waals surface area contributed by atoms with Gasteiger partial charge in [0.15, 0.2) is 0 Å². The fraction of sp³-hybridized carbons (Fsp3) is 0.316. The summed E-state index contributed by atoms with van der Waals surface area (Å²) in [4.78, 5) is 12.1. The molecule has 0 heterocycles. The predicted octanol–water partition coefficient (Wildman–Crippen LogP) is 3.81. The smallest absolute Gasteiger partial charge is 0.313 e. The number of rotatable bonds is 6. The standard InChI is InChI=1S/C19H22O3/c1-3-18(4-2,17(20)21)19(22,15-11-7-5-8-12-15)16-13-9-6-10-14-16/h5-14,22H,3-4H2,1-2H3,(H,20,21). The van der Waals surface area contributed by atoms with Crippen LogP contribution in [0.25, 0.3) is 0 Å². The van der Waals surface area contributed by atoms with Crippen LogP contribution in [0.5, 0.6) is 0 Å². The zero-order chi connectivity index (χ0) is 16.2. The molecule has 2 aromatic carbocycles. The molecule has 0 radical (unpaired) electrons. The summed E-state index contributed by atoms with van der Waals surface area (Å²) in [5, 5.41) is 21.6. The molecule has 2 aromatic rings. The van der Waals surface area contributed by atoms with Gasteiger partial charge in [0.2, 0.25) is 0 Å². The second kappa shape index (κ2) is 6.32. The molecule has 0 saturated carbocycles. The average Bonchev–Trinajstić information content (AvgIpc) is 2.57. The van der Waals surface area contributed by atoms with E-state index < -0.39 is 17.0 Å². The lowest BCUT2D eigenvalue weighted by Crippen LogP contribution is -2.51. The molecule has 0 aliphatic rings. The third kappa shape index (κ3) is 2.32. The Balaban J connectivity index is 2.79. The minimum absolute atomic E-state index is 0.332. The minimum atomic E-state index is -1.58. The largest absolute Gasteiger partial charge is 0.481 e. The van der Waals surface area contributed by atoms with Gasteiger partial charge in [-0.2, -0.15) is 0 Å². The van der Waals surface area contributed by atoms with E-state index in [0.717, 1.165) is 0 Å². The SMILES string of the molecule is CCC(CC)(C(=O)O)C(O)(c1ccccc1)c1ccccc1. The molecule has 0 aromatic heterocycles. The molecule has 2 rings (SSSR count). The Hall–Kier alpha value is -2.13. The first kappa shape index (κ1) is 16.2. The van der Waals surface area contributed by atoms with Crippen molar-refractivity contribution in [3.8, 4) is 0 Å². The first-order chi connectivity index (χ1) is 10.5. The van der Waals surface area contributed by atoms with Gasteiger partial charge in [0.05, 0.1) is 0 Å². The highest BCUT2D eigenvalue weighted by Gasteiger charge is 2.55. The molecule has 0 fully saturated rings. The van der Waals surface area contributed by atoms with E-state index in [9.17, 15) is 15.0 Å². The Morgan fingerprint density at radius 1 is 0.864 bits per heavy atom. The third-order valence-corrected chi connectivity index (χ3v) is 4.69. The number of aliphatic hydroxyl groups is 1. The van der Waals surface area contributed by atoms with Gasteiger partial charge in [-0.05, 0) is 24.0 Å². The van der Waals surface area contributed by atoms with Crippen LogP contribution in [-0.4, -0.2) is 16.2 Å². The lowest BCUT2D eigenvalue weighted by Gasteiger charge is -2.44. The van der Waals surface area contributed by atoms with Crippen molar-refractivity contribution in [2.45, 2.75) is 32.3 Å². The molecule has 0 aliphatic heterocycles. The molecule has 0 unspecified atom stereocenters. The molecule has 0 atom stereocenters. The van der Waals surface area contributed by atoms with Crippen LogP contribution in [-0.2, 0) is 10.4 Å². The predicted molar refractivity (Wildman–Crippen MR) is 86.5 cm³/mol. The Morgan fingerprint density at radius 2 is 1.23 bits per heavy atom. The molecular weight excluding hydrogens is 276 g/mol. The fourth-order valence-electron chi connectivity index (χ4n) is 3.30. The number of aliphatic carboxylic acids is 1. The van der Waals surface area contributed by atoms with Gasteiger partial charge in [-0.15, -0.1) is 0 Å². The van der Waals surface area contributed by atoms with Crippen molar-refractivity contribution < 1.29 is 15.0 Å². The molecule has 0 aliphatic carbocycles. The molecule has 3 nitrogen and oxygen atoms in total. The van der Waals surface area contributed by atoms with Crippen molar-refractivity contribution in [2.24, 2.45) is 5.41 Å². The first-order valence-corrected chi connectivity index (χ1v) is 7.59. The van der Waals surface area contributed by atoms with Crippen LogP contribution in [0.4, 0.5) is 0 Å². The number of carboxylic acid groups (broad SMARTS) is 1. The maximum Gasteiger partial charge on any atom is 0.313 e. The van der Waals surface area contributed by atoms with E-state index in [1.807, 2.05) is 50.2 Å². The van der Waals surface area contributed by atoms with Crippen molar-refractivity contribution >= 4 is 5.97 Å². The van der Waals surface area contributed by atoms with Gasteiger partial charge in [0, 0.05) is 0 Å². The molecule has 0 saturated heterocycles. The maximum atomic E-state index is 12.1. The molecule has 3 heteroatoms. The molecular formula is C19H22O3. The highest BCUT2D eigenvalue weighted by atomic mass is 16.4. The molecule has 116 valence electrons. The molecule has 22 heavy (non-hydrogen) atoms.